The van der Waals surface area contributed by atoms with E-state index in [1.165, 1.54) is 6.33 Å². The van der Waals surface area contributed by atoms with Gasteiger partial charge in [-0.25, -0.2) is 24.7 Å². The molecule has 55 heavy (non-hydrogen) atoms. The van der Waals surface area contributed by atoms with Crippen LogP contribution in [0.3, 0.4) is 0 Å². The van der Waals surface area contributed by atoms with E-state index in [4.69, 9.17) is 5.73 Å². The highest BCUT2D eigenvalue weighted by atomic mass is 35.5. The number of nitrogens with zero attached hydrogens (tertiary/aromatic N) is 6. The van der Waals surface area contributed by atoms with Gasteiger partial charge < -0.3 is 46.7 Å². The quantitative estimate of drug-likeness (QED) is 0.0915. The summed E-state index contributed by atoms with van der Waals surface area (Å²) in [6.45, 7) is 2.36. The van der Waals surface area contributed by atoms with Crippen LogP contribution in [0.4, 0.5) is 16.4 Å². The molecule has 2 aliphatic rings. The van der Waals surface area contributed by atoms with Gasteiger partial charge in [0, 0.05) is 56.9 Å². The molecular formula is C38H47Cl2N11O4. The summed E-state index contributed by atoms with van der Waals surface area (Å²) in [4.78, 5) is 46.6. The molecule has 292 valence electrons. The van der Waals surface area contributed by atoms with Gasteiger partial charge in [0.1, 0.15) is 17.4 Å². The number of piperidine rings is 1. The number of pyridine rings is 1. The van der Waals surface area contributed by atoms with E-state index in [0.717, 1.165) is 42.9 Å². The molecule has 1 saturated heterocycles. The fourth-order valence-electron chi connectivity index (χ4n) is 7.16. The molecule has 4 atom stereocenters. The van der Waals surface area contributed by atoms with Gasteiger partial charge in [0.15, 0.2) is 11.5 Å². The number of benzene rings is 2. The normalized spacial score (nSPS) is 19.7. The number of rotatable bonds is 12. The summed E-state index contributed by atoms with van der Waals surface area (Å²) in [6, 6.07) is 24.6. The molecule has 17 heteroatoms. The molecule has 0 unspecified atom stereocenters. The van der Waals surface area contributed by atoms with Gasteiger partial charge in [-0.05, 0) is 42.5 Å². The van der Waals surface area contributed by atoms with E-state index in [-0.39, 0.29) is 61.7 Å². The van der Waals surface area contributed by atoms with Gasteiger partial charge in [0.25, 0.3) is 5.91 Å². The fourth-order valence-corrected chi connectivity index (χ4v) is 7.16. The zero-order valence-electron chi connectivity index (χ0n) is 30.1. The number of fused-ring (bicyclic) bond motifs is 1. The molecule has 8 N–H and O–H groups in total. The number of urea groups is 1. The Morgan fingerprint density at radius 2 is 1.49 bits per heavy atom. The molecule has 4 heterocycles. The van der Waals surface area contributed by atoms with Crippen molar-refractivity contribution in [3.63, 3.8) is 0 Å². The van der Waals surface area contributed by atoms with Crippen LogP contribution in [-0.4, -0.2) is 104 Å². The molecule has 2 aromatic carbocycles. The minimum atomic E-state index is -1.14. The van der Waals surface area contributed by atoms with Crippen molar-refractivity contribution >= 4 is 59.6 Å². The van der Waals surface area contributed by atoms with E-state index < -0.39 is 30.2 Å². The van der Waals surface area contributed by atoms with Crippen LogP contribution in [0, 0.1) is 0 Å². The van der Waals surface area contributed by atoms with Crippen molar-refractivity contribution < 1.29 is 19.8 Å². The summed E-state index contributed by atoms with van der Waals surface area (Å²) < 4.78 is 1.65. The third kappa shape index (κ3) is 9.61. The lowest BCUT2D eigenvalue weighted by molar-refractivity contribution is 0.0187. The predicted octanol–water partition coefficient (Wildman–Crippen LogP) is 3.00. The Labute approximate surface area is 331 Å². The standard InChI is InChI=1S/C38H45N11O4.2ClH/c39-28-21-29(33(51)32(28)50)49-23-44-31-34(43-22-27(24-9-3-1-4-10-24)25-11-5-2-6-12-25)46-35(47-36(31)49)37(52)41-17-18-42-38(53)45-26-14-19-48(20-15-26)30-13-7-8-16-40-30;;/h1-13,16,23,26-29,32-33,50-51H,14-15,17-22,39H2,(H,41,52)(H2,42,45,53)(H,43,46,47);2*1H/t28-,29+,32+,33-;;/m0../s1. The molecule has 0 radical (unpaired) electrons. The molecule has 5 aromatic rings. The average molecular weight is 793 g/mol. The Kier molecular flexibility index (Phi) is 14.2. The molecular weight excluding hydrogens is 745 g/mol. The maximum atomic E-state index is 13.5. The van der Waals surface area contributed by atoms with Gasteiger partial charge in [0.05, 0.1) is 18.5 Å². The number of imidazole rings is 1. The summed E-state index contributed by atoms with van der Waals surface area (Å²) in [6.07, 6.45) is 2.95. The topological polar surface area (TPSA) is 208 Å². The molecule has 1 aliphatic heterocycles. The lowest BCUT2D eigenvalue weighted by Gasteiger charge is -2.33. The molecule has 1 aliphatic carbocycles. The SMILES string of the molecule is Cl.Cl.N[C@H]1C[C@@H](n2cnc3c(NCC(c4ccccc4)c4ccccc4)nc(C(=O)NCCNC(=O)NC4CCN(c5ccccn5)CC4)nc32)[C@H](O)[C@@H]1O. The molecule has 1 saturated carbocycles. The average Bonchev–Trinajstić information content (AvgIpc) is 3.73. The number of carbonyl (C=O) groups is 2. The van der Waals surface area contributed by atoms with Crippen LogP contribution in [0.1, 0.15) is 53.0 Å². The van der Waals surface area contributed by atoms with E-state index in [0.29, 0.717) is 29.9 Å². The van der Waals surface area contributed by atoms with Crippen molar-refractivity contribution in [2.24, 2.45) is 5.73 Å². The summed E-state index contributed by atoms with van der Waals surface area (Å²) >= 11 is 0. The predicted molar refractivity (Wildman–Crippen MR) is 215 cm³/mol. The molecule has 2 fully saturated rings. The largest absolute Gasteiger partial charge is 0.389 e. The first kappa shape index (κ1) is 41.1. The second kappa shape index (κ2) is 19.0. The van der Waals surface area contributed by atoms with Crippen LogP contribution in [0.25, 0.3) is 11.2 Å². The van der Waals surface area contributed by atoms with Crippen molar-refractivity contribution in [2.45, 2.75) is 55.5 Å². The van der Waals surface area contributed by atoms with Crippen molar-refractivity contribution in [3.05, 3.63) is 108 Å². The van der Waals surface area contributed by atoms with Crippen molar-refractivity contribution in [1.29, 1.82) is 0 Å². The van der Waals surface area contributed by atoms with Crippen LogP contribution in [0.15, 0.2) is 91.4 Å². The number of halogens is 2. The highest BCUT2D eigenvalue weighted by Gasteiger charge is 2.41. The van der Waals surface area contributed by atoms with Gasteiger partial charge in [-0.1, -0.05) is 66.7 Å². The van der Waals surface area contributed by atoms with Crippen LogP contribution >= 0.6 is 24.8 Å². The highest BCUT2D eigenvalue weighted by Crippen LogP contribution is 2.34. The number of aliphatic hydroxyl groups is 2. The van der Waals surface area contributed by atoms with Gasteiger partial charge in [-0.2, -0.15) is 0 Å². The Morgan fingerprint density at radius 3 is 2.11 bits per heavy atom. The minimum Gasteiger partial charge on any atom is -0.389 e. The van der Waals surface area contributed by atoms with Gasteiger partial charge in [0.2, 0.25) is 5.82 Å². The van der Waals surface area contributed by atoms with E-state index in [2.05, 4.69) is 70.4 Å². The number of aliphatic hydroxyl groups excluding tert-OH is 2. The number of hydrogen-bond acceptors (Lipinski definition) is 11. The van der Waals surface area contributed by atoms with Crippen LogP contribution in [0.5, 0.6) is 0 Å². The van der Waals surface area contributed by atoms with E-state index >= 15 is 0 Å². The number of carbonyl (C=O) groups excluding carboxylic acids is 2. The smallest absolute Gasteiger partial charge is 0.315 e. The second-order valence-corrected chi connectivity index (χ2v) is 13.5. The lowest BCUT2D eigenvalue weighted by Crippen LogP contribution is -2.49. The Balaban J connectivity index is 0.00000290. The van der Waals surface area contributed by atoms with Crippen molar-refractivity contribution in [3.8, 4) is 0 Å². The van der Waals surface area contributed by atoms with E-state index in [9.17, 15) is 19.8 Å². The zero-order chi connectivity index (χ0) is 36.7. The molecule has 3 amide bonds. The number of anilines is 2. The summed E-state index contributed by atoms with van der Waals surface area (Å²) in [5.74, 6) is 0.582. The Bertz CT molecular complexity index is 1950. The van der Waals surface area contributed by atoms with Crippen LogP contribution in [-0.2, 0) is 0 Å². The number of hydrogen-bond donors (Lipinski definition) is 7. The zero-order valence-corrected chi connectivity index (χ0v) is 31.7. The summed E-state index contributed by atoms with van der Waals surface area (Å²) in [5.41, 5.74) is 9.02. The number of aromatic nitrogens is 5. The number of nitrogens with two attached hydrogens (primary N) is 1. The first-order valence-electron chi connectivity index (χ1n) is 18.0. The van der Waals surface area contributed by atoms with Gasteiger partial charge >= 0.3 is 6.03 Å². The maximum Gasteiger partial charge on any atom is 0.315 e. The number of amides is 3. The van der Waals surface area contributed by atoms with Gasteiger partial charge in [-0.15, -0.1) is 24.8 Å². The van der Waals surface area contributed by atoms with Crippen LogP contribution in [0.2, 0.25) is 0 Å². The minimum absolute atomic E-state index is 0. The third-order valence-electron chi connectivity index (χ3n) is 10.1. The first-order chi connectivity index (χ1) is 25.9. The van der Waals surface area contributed by atoms with Crippen molar-refractivity contribution in [2.75, 3.05) is 42.9 Å². The van der Waals surface area contributed by atoms with E-state index in [1.54, 1.807) is 10.8 Å². The Morgan fingerprint density at radius 1 is 0.836 bits per heavy atom. The summed E-state index contributed by atoms with van der Waals surface area (Å²) in [5, 5.41) is 33.3. The Hall–Kier alpha value is -5.06. The molecule has 7 rings (SSSR count). The van der Waals surface area contributed by atoms with Gasteiger partial charge in [-0.3, -0.25) is 4.79 Å². The first-order valence-corrected chi connectivity index (χ1v) is 18.0. The molecule has 0 bridgehead atoms. The highest BCUT2D eigenvalue weighted by molar-refractivity contribution is 5.94. The monoisotopic (exact) mass is 791 g/mol. The molecule has 15 nitrogen and oxygen atoms in total. The third-order valence-corrected chi connectivity index (χ3v) is 10.1. The second-order valence-electron chi connectivity index (χ2n) is 13.5. The van der Waals surface area contributed by atoms with Crippen LogP contribution < -0.4 is 31.9 Å². The summed E-state index contributed by atoms with van der Waals surface area (Å²) in [7, 11) is 0. The van der Waals surface area contributed by atoms with E-state index in [1.807, 2.05) is 54.6 Å². The fraction of sp³-hybridized carbons (Fsp3) is 0.368. The molecule has 0 spiro atoms. The molecule has 3 aromatic heterocycles. The van der Waals surface area contributed by atoms with Crippen molar-refractivity contribution in [1.82, 2.24) is 40.5 Å². The number of nitrogens with one attached hydrogen (secondary N) is 4. The lowest BCUT2D eigenvalue weighted by atomic mass is 9.91. The maximum absolute atomic E-state index is 13.5.